The number of carboxylic acid groups (broad SMARTS) is 1. The quantitative estimate of drug-likeness (QED) is 0.718. The number of hydrogen-bond acceptors (Lipinski definition) is 3. The van der Waals surface area contributed by atoms with E-state index in [2.05, 4.69) is 9.97 Å². The van der Waals surface area contributed by atoms with E-state index in [0.717, 1.165) is 28.8 Å². The zero-order chi connectivity index (χ0) is 15.4. The summed E-state index contributed by atoms with van der Waals surface area (Å²) >= 11 is 0. The molecule has 2 aromatic heterocycles. The first-order valence-electron chi connectivity index (χ1n) is 5.63. The van der Waals surface area contributed by atoms with Crippen LogP contribution in [-0.2, 0) is 6.18 Å². The molecule has 0 radical (unpaired) electrons. The molecule has 0 aliphatic heterocycles. The Labute approximate surface area is 113 Å². The lowest BCUT2D eigenvalue weighted by Gasteiger charge is -2.08. The molecule has 6 nitrogen and oxygen atoms in total. The van der Waals surface area contributed by atoms with Crippen molar-refractivity contribution >= 4 is 22.6 Å². The minimum Gasteiger partial charge on any atom is -0.476 e. The highest BCUT2D eigenvalue weighted by Crippen LogP contribution is 2.30. The summed E-state index contributed by atoms with van der Waals surface area (Å²) in [5, 5.41) is 8.86. The zero-order valence-corrected chi connectivity index (χ0v) is 10.1. The summed E-state index contributed by atoms with van der Waals surface area (Å²) in [5.74, 6) is -1.34. The largest absolute Gasteiger partial charge is 0.476 e. The molecule has 1 aromatic carbocycles. The number of rotatable bonds is 1. The topological polar surface area (TPSA) is 87.5 Å². The van der Waals surface area contributed by atoms with Crippen molar-refractivity contribution in [2.75, 3.05) is 0 Å². The number of H-pyrrole nitrogens is 1. The number of aromatic nitrogens is 3. The molecule has 0 unspecified atom stereocenters. The van der Waals surface area contributed by atoms with Crippen LogP contribution in [0.5, 0.6) is 0 Å². The molecule has 0 spiro atoms. The Bertz CT molecular complexity index is 940. The van der Waals surface area contributed by atoms with Gasteiger partial charge in [0.05, 0.1) is 16.6 Å². The van der Waals surface area contributed by atoms with Crippen molar-refractivity contribution in [3.63, 3.8) is 0 Å². The van der Waals surface area contributed by atoms with E-state index >= 15 is 0 Å². The number of hydrogen-bond donors (Lipinski definition) is 2. The maximum Gasteiger partial charge on any atom is 0.416 e. The molecule has 3 aromatic rings. The third-order valence-electron chi connectivity index (χ3n) is 2.96. The summed E-state index contributed by atoms with van der Waals surface area (Å²) in [6.07, 6.45) is -3.45. The summed E-state index contributed by atoms with van der Waals surface area (Å²) in [7, 11) is 0. The van der Waals surface area contributed by atoms with Gasteiger partial charge in [0.2, 0.25) is 5.65 Å². The average Bonchev–Trinajstić information content (AvgIpc) is 2.83. The lowest BCUT2D eigenvalue weighted by atomic mass is 10.2. The molecule has 0 fully saturated rings. The molecule has 0 aliphatic carbocycles. The van der Waals surface area contributed by atoms with Gasteiger partial charge in [-0.1, -0.05) is 0 Å². The van der Waals surface area contributed by atoms with E-state index in [1.165, 1.54) is 0 Å². The minimum atomic E-state index is -4.54. The Balaban J connectivity index is 2.39. The van der Waals surface area contributed by atoms with Gasteiger partial charge < -0.3 is 10.1 Å². The fraction of sp³-hybridized carbons (Fsp3) is 0.0833. The second kappa shape index (κ2) is 4.08. The monoisotopic (exact) mass is 297 g/mol. The third-order valence-corrected chi connectivity index (χ3v) is 2.96. The Kier molecular flexibility index (Phi) is 2.55. The van der Waals surface area contributed by atoms with E-state index in [1.54, 1.807) is 0 Å². The first kappa shape index (κ1) is 13.2. The van der Waals surface area contributed by atoms with Gasteiger partial charge in [0.15, 0.2) is 5.69 Å². The van der Waals surface area contributed by atoms with Gasteiger partial charge >= 0.3 is 12.1 Å². The Hall–Kier alpha value is -2.84. The molecule has 0 bridgehead atoms. The van der Waals surface area contributed by atoms with Gasteiger partial charge in [0.1, 0.15) is 0 Å². The minimum absolute atomic E-state index is 0.0586. The lowest BCUT2D eigenvalue weighted by molar-refractivity contribution is -0.137. The van der Waals surface area contributed by atoms with Crippen LogP contribution < -0.4 is 5.56 Å². The van der Waals surface area contributed by atoms with Gasteiger partial charge in [-0.25, -0.2) is 9.78 Å². The first-order valence-corrected chi connectivity index (χ1v) is 5.63. The number of halogens is 3. The van der Waals surface area contributed by atoms with Crippen molar-refractivity contribution in [1.82, 2.24) is 14.4 Å². The Morgan fingerprint density at radius 1 is 1.33 bits per heavy atom. The number of carbonyl (C=O) groups is 1. The van der Waals surface area contributed by atoms with Gasteiger partial charge in [0, 0.05) is 6.20 Å². The molecular formula is C12H6F3N3O3. The van der Waals surface area contributed by atoms with Crippen LogP contribution in [0.15, 0.2) is 29.2 Å². The van der Waals surface area contributed by atoms with E-state index in [9.17, 15) is 22.8 Å². The molecule has 21 heavy (non-hydrogen) atoms. The fourth-order valence-corrected chi connectivity index (χ4v) is 2.03. The van der Waals surface area contributed by atoms with Crippen LogP contribution in [-0.4, -0.2) is 25.4 Å². The number of imidazole rings is 1. The Morgan fingerprint density at radius 2 is 2.05 bits per heavy atom. The average molecular weight is 297 g/mol. The van der Waals surface area contributed by atoms with Gasteiger partial charge in [-0.05, 0) is 18.2 Å². The molecular weight excluding hydrogens is 291 g/mol. The molecule has 0 atom stereocenters. The van der Waals surface area contributed by atoms with E-state index < -0.39 is 23.3 Å². The fourth-order valence-electron chi connectivity index (χ4n) is 2.03. The second-order valence-corrected chi connectivity index (χ2v) is 4.31. The van der Waals surface area contributed by atoms with Crippen molar-refractivity contribution in [3.8, 4) is 0 Å². The SMILES string of the molecule is O=C(O)c1cn2c(n1)c(=O)[nH]c1cc(C(F)(F)F)ccc12. The highest BCUT2D eigenvalue weighted by molar-refractivity contribution is 5.87. The van der Waals surface area contributed by atoms with Crippen molar-refractivity contribution in [1.29, 1.82) is 0 Å². The van der Waals surface area contributed by atoms with Gasteiger partial charge in [-0.2, -0.15) is 13.2 Å². The predicted octanol–water partition coefficient (Wildman–Crippen LogP) is 1.89. The standard InChI is InChI=1S/C12H6F3N3O3/c13-12(14,15)5-1-2-8-6(3-5)17-10(19)9-16-7(11(20)21)4-18(8)9/h1-4H,(H,17,19)(H,20,21). The normalized spacial score (nSPS) is 12.1. The van der Waals surface area contributed by atoms with Gasteiger partial charge in [-0.3, -0.25) is 9.20 Å². The summed E-state index contributed by atoms with van der Waals surface area (Å²) in [5.41, 5.74) is -2.08. The number of benzene rings is 1. The molecule has 3 rings (SSSR count). The predicted molar refractivity (Wildman–Crippen MR) is 65.3 cm³/mol. The Morgan fingerprint density at radius 3 is 2.67 bits per heavy atom. The van der Waals surface area contributed by atoms with Gasteiger partial charge in [0.25, 0.3) is 5.56 Å². The number of aromatic amines is 1. The number of fused-ring (bicyclic) bond motifs is 3. The van der Waals surface area contributed by atoms with Crippen LogP contribution in [0.3, 0.4) is 0 Å². The molecule has 0 amide bonds. The number of carboxylic acids is 1. The lowest BCUT2D eigenvalue weighted by Crippen LogP contribution is -2.12. The second-order valence-electron chi connectivity index (χ2n) is 4.31. The molecule has 0 saturated carbocycles. The van der Waals surface area contributed by atoms with Crippen LogP contribution >= 0.6 is 0 Å². The number of nitrogens with zero attached hydrogens (tertiary/aromatic N) is 2. The third kappa shape index (κ3) is 2.02. The molecule has 0 aliphatic rings. The molecule has 2 heterocycles. The number of aromatic carboxylic acids is 1. The summed E-state index contributed by atoms with van der Waals surface area (Å²) in [6, 6.07) is 2.78. The van der Waals surface area contributed by atoms with Crippen molar-refractivity contribution in [2.24, 2.45) is 0 Å². The maximum absolute atomic E-state index is 12.7. The van der Waals surface area contributed by atoms with E-state index in [0.29, 0.717) is 0 Å². The first-order chi connectivity index (χ1) is 9.77. The van der Waals surface area contributed by atoms with Crippen molar-refractivity contribution in [2.45, 2.75) is 6.18 Å². The van der Waals surface area contributed by atoms with Crippen LogP contribution in [0.1, 0.15) is 16.1 Å². The number of alkyl halides is 3. The zero-order valence-electron chi connectivity index (χ0n) is 10.1. The molecule has 2 N–H and O–H groups in total. The highest BCUT2D eigenvalue weighted by atomic mass is 19.4. The van der Waals surface area contributed by atoms with Crippen LogP contribution in [0.4, 0.5) is 13.2 Å². The number of nitrogens with one attached hydrogen (secondary N) is 1. The maximum atomic E-state index is 12.7. The highest BCUT2D eigenvalue weighted by Gasteiger charge is 2.30. The molecule has 9 heteroatoms. The van der Waals surface area contributed by atoms with Crippen molar-refractivity contribution in [3.05, 3.63) is 46.0 Å². The van der Waals surface area contributed by atoms with E-state index in [-0.39, 0.29) is 22.4 Å². The van der Waals surface area contributed by atoms with Crippen LogP contribution in [0, 0.1) is 0 Å². The molecule has 108 valence electrons. The van der Waals surface area contributed by atoms with Crippen LogP contribution in [0.25, 0.3) is 16.7 Å². The summed E-state index contributed by atoms with van der Waals surface area (Å²) < 4.78 is 39.1. The molecule has 0 saturated heterocycles. The van der Waals surface area contributed by atoms with E-state index in [4.69, 9.17) is 5.11 Å². The van der Waals surface area contributed by atoms with Crippen LogP contribution in [0.2, 0.25) is 0 Å². The summed E-state index contributed by atoms with van der Waals surface area (Å²) in [4.78, 5) is 28.5. The summed E-state index contributed by atoms with van der Waals surface area (Å²) in [6.45, 7) is 0. The van der Waals surface area contributed by atoms with E-state index in [1.807, 2.05) is 0 Å². The van der Waals surface area contributed by atoms with Gasteiger partial charge in [-0.15, -0.1) is 0 Å². The smallest absolute Gasteiger partial charge is 0.416 e. The van der Waals surface area contributed by atoms with Crippen molar-refractivity contribution < 1.29 is 23.1 Å².